The summed E-state index contributed by atoms with van der Waals surface area (Å²) >= 11 is 0. The van der Waals surface area contributed by atoms with Gasteiger partial charge in [0.2, 0.25) is 5.91 Å². The van der Waals surface area contributed by atoms with Gasteiger partial charge < -0.3 is 15.5 Å². The Balaban J connectivity index is 3.75. The van der Waals surface area contributed by atoms with Crippen molar-refractivity contribution < 1.29 is 15.0 Å². The largest absolute Gasteiger partial charge is 0.394 e. The van der Waals surface area contributed by atoms with Gasteiger partial charge >= 0.3 is 0 Å². The molecule has 0 aliphatic heterocycles. The van der Waals surface area contributed by atoms with Crippen LogP contribution in [0.2, 0.25) is 0 Å². The Morgan fingerprint density at radius 3 is 1.19 bits per heavy atom. The molecule has 2 atom stereocenters. The standard InChI is InChI=1S/C55H87NO3/c1-3-5-7-9-11-13-15-17-19-20-21-22-23-24-25-26-27-28-29-30-31-32-33-34-35-36-37-39-41-43-45-47-49-51-55(59)56-53(52-57)54(58)50-48-46-44-42-40-38-18-16-14-12-10-8-6-4-2/h5,7,11,13-14,16-17,19,21-22,24-25,27-28,30-31,33-34,36-37,40,42,48,50,53-54,57-58H,3-4,6,8-10,12,15,18,20,23,26,29,32,35,38-39,41,43-47,49,51-52H2,1-2H3,(H,56,59)/b7-5-,13-11-,16-14+,19-17-,22-21-,25-24-,28-27-,31-30-,34-33-,37-36-,42-40+,50-48+. The summed E-state index contributed by atoms with van der Waals surface area (Å²) in [6.45, 7) is 4.12. The highest BCUT2D eigenvalue weighted by Crippen LogP contribution is 2.09. The molecule has 4 nitrogen and oxygen atoms in total. The molecule has 0 aliphatic carbocycles. The molecule has 0 radical (unpaired) electrons. The highest BCUT2D eigenvalue weighted by molar-refractivity contribution is 5.76. The molecule has 0 aromatic carbocycles. The fourth-order valence-electron chi connectivity index (χ4n) is 5.96. The first-order chi connectivity index (χ1) is 29.2. The average Bonchev–Trinajstić information content (AvgIpc) is 3.24. The van der Waals surface area contributed by atoms with Crippen molar-refractivity contribution in [2.45, 2.75) is 187 Å². The summed E-state index contributed by atoms with van der Waals surface area (Å²) in [7, 11) is 0. The molecule has 1 amide bonds. The Labute approximate surface area is 363 Å². The van der Waals surface area contributed by atoms with Gasteiger partial charge in [-0.2, -0.15) is 0 Å². The van der Waals surface area contributed by atoms with Crippen LogP contribution in [0.15, 0.2) is 146 Å². The maximum absolute atomic E-state index is 12.4. The van der Waals surface area contributed by atoms with Crippen molar-refractivity contribution in [3.63, 3.8) is 0 Å². The minimum atomic E-state index is -0.889. The van der Waals surface area contributed by atoms with E-state index >= 15 is 0 Å². The van der Waals surface area contributed by atoms with Crippen molar-refractivity contribution in [2.75, 3.05) is 6.61 Å². The number of nitrogens with one attached hydrogen (secondary N) is 1. The predicted octanol–water partition coefficient (Wildman–Crippen LogP) is 15.3. The lowest BCUT2D eigenvalue weighted by molar-refractivity contribution is -0.123. The normalized spacial score (nSPS) is 14.3. The van der Waals surface area contributed by atoms with E-state index in [1.165, 1.54) is 38.5 Å². The lowest BCUT2D eigenvalue weighted by Crippen LogP contribution is -2.45. The second-order valence-electron chi connectivity index (χ2n) is 15.1. The number of aliphatic hydroxyl groups is 2. The summed E-state index contributed by atoms with van der Waals surface area (Å²) in [6.07, 6.45) is 78.1. The summed E-state index contributed by atoms with van der Waals surface area (Å²) in [4.78, 5) is 12.4. The zero-order chi connectivity index (χ0) is 42.8. The van der Waals surface area contributed by atoms with E-state index in [2.05, 4.69) is 153 Å². The third-order valence-electron chi connectivity index (χ3n) is 9.53. The van der Waals surface area contributed by atoms with E-state index in [1.807, 2.05) is 6.08 Å². The zero-order valence-corrected chi connectivity index (χ0v) is 37.7. The summed E-state index contributed by atoms with van der Waals surface area (Å²) in [5.74, 6) is -0.106. The maximum Gasteiger partial charge on any atom is 0.220 e. The predicted molar refractivity (Wildman–Crippen MR) is 261 cm³/mol. The second-order valence-corrected chi connectivity index (χ2v) is 15.1. The molecule has 0 rings (SSSR count). The molecule has 330 valence electrons. The molecule has 0 aromatic heterocycles. The Hall–Kier alpha value is -3.73. The molecule has 0 aliphatic rings. The minimum Gasteiger partial charge on any atom is -0.394 e. The van der Waals surface area contributed by atoms with Gasteiger partial charge in [0.05, 0.1) is 18.8 Å². The van der Waals surface area contributed by atoms with Crippen LogP contribution >= 0.6 is 0 Å². The molecule has 2 unspecified atom stereocenters. The van der Waals surface area contributed by atoms with Crippen LogP contribution in [0.5, 0.6) is 0 Å². The summed E-state index contributed by atoms with van der Waals surface area (Å²) < 4.78 is 0. The van der Waals surface area contributed by atoms with E-state index < -0.39 is 12.1 Å². The fraction of sp³-hybridized carbons (Fsp3) is 0.545. The molecule has 0 bridgehead atoms. The van der Waals surface area contributed by atoms with Gasteiger partial charge in [0.25, 0.3) is 0 Å². The van der Waals surface area contributed by atoms with Crippen molar-refractivity contribution >= 4 is 5.91 Å². The van der Waals surface area contributed by atoms with Gasteiger partial charge in [-0.1, -0.05) is 198 Å². The van der Waals surface area contributed by atoms with E-state index in [0.29, 0.717) is 6.42 Å². The van der Waals surface area contributed by atoms with E-state index in [0.717, 1.165) is 116 Å². The van der Waals surface area contributed by atoms with E-state index in [1.54, 1.807) is 6.08 Å². The van der Waals surface area contributed by atoms with Crippen LogP contribution < -0.4 is 5.32 Å². The molecule has 0 heterocycles. The molecule has 59 heavy (non-hydrogen) atoms. The summed E-state index contributed by atoms with van der Waals surface area (Å²) in [5.41, 5.74) is 0. The molecule has 0 spiro atoms. The maximum atomic E-state index is 12.4. The van der Waals surface area contributed by atoms with E-state index in [-0.39, 0.29) is 12.5 Å². The highest BCUT2D eigenvalue weighted by Gasteiger charge is 2.17. The third-order valence-corrected chi connectivity index (χ3v) is 9.53. The Morgan fingerprint density at radius 1 is 0.424 bits per heavy atom. The smallest absolute Gasteiger partial charge is 0.220 e. The number of aliphatic hydroxyl groups excluding tert-OH is 2. The monoisotopic (exact) mass is 810 g/mol. The lowest BCUT2D eigenvalue weighted by Gasteiger charge is -2.19. The van der Waals surface area contributed by atoms with Crippen LogP contribution in [0.1, 0.15) is 174 Å². The van der Waals surface area contributed by atoms with Crippen LogP contribution in [0, 0.1) is 0 Å². The fourth-order valence-corrected chi connectivity index (χ4v) is 5.96. The van der Waals surface area contributed by atoms with Gasteiger partial charge in [-0.05, 0) is 116 Å². The molecular formula is C55H87NO3. The van der Waals surface area contributed by atoms with Crippen LogP contribution in [0.25, 0.3) is 0 Å². The first kappa shape index (κ1) is 55.3. The Bertz CT molecular complexity index is 1280. The summed E-state index contributed by atoms with van der Waals surface area (Å²) in [6, 6.07) is -0.667. The topological polar surface area (TPSA) is 69.6 Å². The number of unbranched alkanes of at least 4 members (excludes halogenated alkanes) is 11. The first-order valence-electron chi connectivity index (χ1n) is 23.5. The molecule has 0 saturated heterocycles. The van der Waals surface area contributed by atoms with Crippen molar-refractivity contribution in [2.24, 2.45) is 0 Å². The van der Waals surface area contributed by atoms with Gasteiger partial charge in [0.1, 0.15) is 0 Å². The first-order valence-corrected chi connectivity index (χ1v) is 23.5. The molecule has 0 aromatic rings. The number of allylic oxidation sites excluding steroid dienone is 23. The Morgan fingerprint density at radius 2 is 0.763 bits per heavy atom. The number of rotatable bonds is 40. The SMILES string of the molecule is CC/C=C\C/C=C\C/C=C\C/C=C\C/C=C\C/C=C\C/C=C\C/C=C\C/C=C\CCCCCCCC(=O)NC(CO)C(O)/C=C/CC/C=C/CC/C=C/CCCCCC. The molecule has 0 saturated carbocycles. The van der Waals surface area contributed by atoms with Crippen LogP contribution in [-0.2, 0) is 4.79 Å². The molecule has 4 heteroatoms. The summed E-state index contributed by atoms with van der Waals surface area (Å²) in [5, 5.41) is 22.9. The van der Waals surface area contributed by atoms with Crippen LogP contribution in [-0.4, -0.2) is 34.9 Å². The minimum absolute atomic E-state index is 0.106. The van der Waals surface area contributed by atoms with E-state index in [4.69, 9.17) is 0 Å². The number of hydrogen-bond acceptors (Lipinski definition) is 3. The van der Waals surface area contributed by atoms with Crippen LogP contribution in [0.4, 0.5) is 0 Å². The number of amides is 1. The highest BCUT2D eigenvalue weighted by atomic mass is 16.3. The number of carbonyl (C=O) groups excluding carboxylic acids is 1. The molecular weight excluding hydrogens is 723 g/mol. The number of hydrogen-bond donors (Lipinski definition) is 3. The molecule has 3 N–H and O–H groups in total. The van der Waals surface area contributed by atoms with E-state index in [9.17, 15) is 15.0 Å². The van der Waals surface area contributed by atoms with Crippen molar-refractivity contribution in [1.29, 1.82) is 0 Å². The van der Waals surface area contributed by atoms with Gasteiger partial charge in [-0.25, -0.2) is 0 Å². The lowest BCUT2D eigenvalue weighted by atomic mass is 10.1. The average molecular weight is 810 g/mol. The molecule has 0 fully saturated rings. The van der Waals surface area contributed by atoms with Crippen molar-refractivity contribution in [3.05, 3.63) is 146 Å². The van der Waals surface area contributed by atoms with Crippen molar-refractivity contribution in [1.82, 2.24) is 5.32 Å². The zero-order valence-electron chi connectivity index (χ0n) is 37.7. The van der Waals surface area contributed by atoms with Gasteiger partial charge in [0, 0.05) is 6.42 Å². The third kappa shape index (κ3) is 45.2. The quantitative estimate of drug-likeness (QED) is 0.0426. The Kier molecular flexibility index (Phi) is 45.6. The van der Waals surface area contributed by atoms with Crippen LogP contribution in [0.3, 0.4) is 0 Å². The van der Waals surface area contributed by atoms with Gasteiger partial charge in [0.15, 0.2) is 0 Å². The van der Waals surface area contributed by atoms with Gasteiger partial charge in [-0.3, -0.25) is 4.79 Å². The van der Waals surface area contributed by atoms with Gasteiger partial charge in [-0.15, -0.1) is 0 Å². The number of carbonyl (C=O) groups is 1. The second kappa shape index (κ2) is 48.6. The van der Waals surface area contributed by atoms with Crippen molar-refractivity contribution in [3.8, 4) is 0 Å².